The maximum absolute atomic E-state index is 5.27. The van der Waals surface area contributed by atoms with Gasteiger partial charge in [-0.1, -0.05) is 76.9 Å². The van der Waals surface area contributed by atoms with Gasteiger partial charge < -0.3 is 9.47 Å². The molecule has 2 nitrogen and oxygen atoms in total. The number of hydrogen-bond donors (Lipinski definition) is 0. The molecule has 0 amide bonds. The van der Waals surface area contributed by atoms with E-state index < -0.39 is 0 Å². The van der Waals surface area contributed by atoms with Gasteiger partial charge in [-0.15, -0.1) is 0 Å². The Bertz CT molecular complexity index is 214. The van der Waals surface area contributed by atoms with Crippen LogP contribution in [0.1, 0.15) is 96.8 Å². The van der Waals surface area contributed by atoms with Crippen molar-refractivity contribution in [3.8, 4) is 0 Å². The lowest BCUT2D eigenvalue weighted by Gasteiger charge is -2.02. The Morgan fingerprint density at radius 1 is 0.636 bits per heavy atom. The first-order chi connectivity index (χ1) is 10.9. The van der Waals surface area contributed by atoms with E-state index in [1.54, 1.807) is 7.11 Å². The topological polar surface area (TPSA) is 18.5 Å². The minimum absolute atomic E-state index is 0.436. The zero-order valence-electron chi connectivity index (χ0n) is 15.3. The van der Waals surface area contributed by atoms with Crippen molar-refractivity contribution >= 4 is 0 Å². The Kier molecular flexibility index (Phi) is 20.3. The predicted octanol–water partition coefficient (Wildman–Crippen LogP) is 6.64. The highest BCUT2D eigenvalue weighted by Crippen LogP contribution is 2.09. The molecule has 0 aliphatic carbocycles. The molecule has 132 valence electrons. The number of hydrogen-bond acceptors (Lipinski definition) is 2. The standard InChI is InChI=1S/C20H40O2/c1-3-4-5-6-7-8-9-10-11-12-13-14-15-16-17-18-19-22-20-21-2/h10-11H,3-9,12-20H2,1-2H3/b11-10-. The van der Waals surface area contributed by atoms with Crippen LogP contribution in [0.15, 0.2) is 12.2 Å². The summed E-state index contributed by atoms with van der Waals surface area (Å²) in [6.45, 7) is 3.56. The number of unbranched alkanes of at least 4 members (excludes halogenated alkanes) is 12. The van der Waals surface area contributed by atoms with Gasteiger partial charge in [0.05, 0.1) is 0 Å². The Labute approximate surface area is 139 Å². The third-order valence-electron chi connectivity index (χ3n) is 4.00. The summed E-state index contributed by atoms with van der Waals surface area (Å²) < 4.78 is 10.1. The fourth-order valence-corrected chi connectivity index (χ4v) is 2.59. The van der Waals surface area contributed by atoms with Gasteiger partial charge in [0, 0.05) is 13.7 Å². The molecule has 0 aromatic rings. The lowest BCUT2D eigenvalue weighted by molar-refractivity contribution is -0.0315. The molecular formula is C20H40O2. The van der Waals surface area contributed by atoms with Gasteiger partial charge in [0.1, 0.15) is 6.79 Å². The molecule has 0 aliphatic rings. The van der Waals surface area contributed by atoms with Crippen molar-refractivity contribution in [2.24, 2.45) is 0 Å². The van der Waals surface area contributed by atoms with Gasteiger partial charge in [-0.2, -0.15) is 0 Å². The van der Waals surface area contributed by atoms with Gasteiger partial charge in [-0.25, -0.2) is 0 Å². The Balaban J connectivity index is 3.02. The normalized spacial score (nSPS) is 11.5. The van der Waals surface area contributed by atoms with E-state index in [9.17, 15) is 0 Å². The molecule has 0 aliphatic heterocycles. The molecule has 0 aromatic carbocycles. The van der Waals surface area contributed by atoms with Gasteiger partial charge in [0.15, 0.2) is 0 Å². The molecule has 0 fully saturated rings. The summed E-state index contributed by atoms with van der Waals surface area (Å²) in [6, 6.07) is 0. The molecule has 0 N–H and O–H groups in total. The lowest BCUT2D eigenvalue weighted by Crippen LogP contribution is -1.98. The lowest BCUT2D eigenvalue weighted by atomic mass is 10.1. The second-order valence-corrected chi connectivity index (χ2v) is 6.25. The van der Waals surface area contributed by atoms with E-state index in [0.29, 0.717) is 6.79 Å². The van der Waals surface area contributed by atoms with E-state index >= 15 is 0 Å². The SMILES string of the molecule is CCCCCCCC/C=C\CCCCCCCCOCOC. The van der Waals surface area contributed by atoms with Crippen LogP contribution in [0.2, 0.25) is 0 Å². The molecule has 0 saturated heterocycles. The molecule has 0 heterocycles. The van der Waals surface area contributed by atoms with Crippen LogP contribution in [0.5, 0.6) is 0 Å². The summed E-state index contributed by atoms with van der Waals surface area (Å²) in [7, 11) is 1.67. The second-order valence-electron chi connectivity index (χ2n) is 6.25. The van der Waals surface area contributed by atoms with E-state index in [2.05, 4.69) is 19.1 Å². The van der Waals surface area contributed by atoms with Crippen molar-refractivity contribution in [3.05, 3.63) is 12.2 Å². The summed E-state index contributed by atoms with van der Waals surface area (Å²) in [5, 5.41) is 0. The number of methoxy groups -OCH3 is 1. The highest BCUT2D eigenvalue weighted by molar-refractivity contribution is 4.81. The largest absolute Gasteiger partial charge is 0.359 e. The zero-order chi connectivity index (χ0) is 16.1. The van der Waals surface area contributed by atoms with Crippen LogP contribution in [-0.4, -0.2) is 20.5 Å². The van der Waals surface area contributed by atoms with E-state index in [-0.39, 0.29) is 0 Å². The summed E-state index contributed by atoms with van der Waals surface area (Å²) >= 11 is 0. The first kappa shape index (κ1) is 21.7. The Morgan fingerprint density at radius 3 is 1.68 bits per heavy atom. The summed E-state index contributed by atoms with van der Waals surface area (Å²) in [4.78, 5) is 0. The van der Waals surface area contributed by atoms with Crippen molar-refractivity contribution in [1.29, 1.82) is 0 Å². The van der Waals surface area contributed by atoms with Crippen LogP contribution in [0.3, 0.4) is 0 Å². The van der Waals surface area contributed by atoms with Gasteiger partial charge in [-0.05, 0) is 32.1 Å². The maximum Gasteiger partial charge on any atom is 0.146 e. The average molecular weight is 313 g/mol. The monoisotopic (exact) mass is 312 g/mol. The third-order valence-corrected chi connectivity index (χ3v) is 4.00. The Hall–Kier alpha value is -0.340. The molecule has 0 unspecified atom stereocenters. The molecule has 0 saturated carbocycles. The summed E-state index contributed by atoms with van der Waals surface area (Å²) in [6.07, 6.45) is 23.7. The van der Waals surface area contributed by atoms with Gasteiger partial charge in [0.25, 0.3) is 0 Å². The number of allylic oxidation sites excluding steroid dienone is 2. The minimum Gasteiger partial charge on any atom is -0.359 e. The van der Waals surface area contributed by atoms with Crippen molar-refractivity contribution in [2.75, 3.05) is 20.5 Å². The van der Waals surface area contributed by atoms with Crippen LogP contribution >= 0.6 is 0 Å². The zero-order valence-corrected chi connectivity index (χ0v) is 15.3. The van der Waals surface area contributed by atoms with Crippen LogP contribution in [0, 0.1) is 0 Å². The molecule has 2 heteroatoms. The van der Waals surface area contributed by atoms with Crippen LogP contribution in [0.4, 0.5) is 0 Å². The minimum atomic E-state index is 0.436. The van der Waals surface area contributed by atoms with E-state index in [1.807, 2.05) is 0 Å². The second kappa shape index (κ2) is 20.7. The summed E-state index contributed by atoms with van der Waals surface area (Å²) in [5.74, 6) is 0. The first-order valence-electron chi connectivity index (χ1n) is 9.63. The molecular weight excluding hydrogens is 272 g/mol. The van der Waals surface area contributed by atoms with Crippen LogP contribution in [-0.2, 0) is 9.47 Å². The van der Waals surface area contributed by atoms with E-state index in [1.165, 1.54) is 89.9 Å². The van der Waals surface area contributed by atoms with Crippen molar-refractivity contribution < 1.29 is 9.47 Å². The highest BCUT2D eigenvalue weighted by atomic mass is 16.7. The number of rotatable bonds is 18. The van der Waals surface area contributed by atoms with Gasteiger partial charge >= 0.3 is 0 Å². The van der Waals surface area contributed by atoms with Crippen LogP contribution < -0.4 is 0 Å². The third kappa shape index (κ3) is 19.7. The molecule has 0 spiro atoms. The fourth-order valence-electron chi connectivity index (χ4n) is 2.59. The summed E-state index contributed by atoms with van der Waals surface area (Å²) in [5.41, 5.74) is 0. The predicted molar refractivity (Wildman–Crippen MR) is 97.3 cm³/mol. The molecule has 0 radical (unpaired) electrons. The van der Waals surface area contributed by atoms with Crippen molar-refractivity contribution in [3.63, 3.8) is 0 Å². The smallest absolute Gasteiger partial charge is 0.146 e. The van der Waals surface area contributed by atoms with Crippen LogP contribution in [0.25, 0.3) is 0 Å². The van der Waals surface area contributed by atoms with Crippen molar-refractivity contribution in [2.45, 2.75) is 96.8 Å². The van der Waals surface area contributed by atoms with Gasteiger partial charge in [-0.3, -0.25) is 0 Å². The average Bonchev–Trinajstić information content (AvgIpc) is 2.54. The van der Waals surface area contributed by atoms with Gasteiger partial charge in [0.2, 0.25) is 0 Å². The van der Waals surface area contributed by atoms with Crippen molar-refractivity contribution in [1.82, 2.24) is 0 Å². The quantitative estimate of drug-likeness (QED) is 0.160. The molecule has 0 aromatic heterocycles. The fraction of sp³-hybridized carbons (Fsp3) is 0.900. The molecule has 0 rings (SSSR count). The first-order valence-corrected chi connectivity index (χ1v) is 9.63. The van der Waals surface area contributed by atoms with E-state index in [4.69, 9.17) is 9.47 Å². The molecule has 0 bridgehead atoms. The number of ether oxygens (including phenoxy) is 2. The molecule has 0 atom stereocenters. The van der Waals surface area contributed by atoms with E-state index in [0.717, 1.165) is 6.61 Å². The molecule has 22 heavy (non-hydrogen) atoms. The Morgan fingerprint density at radius 2 is 1.14 bits per heavy atom. The maximum atomic E-state index is 5.27. The highest BCUT2D eigenvalue weighted by Gasteiger charge is 1.92.